The highest BCUT2D eigenvalue weighted by Crippen LogP contribution is 2.22. The average Bonchev–Trinajstić information content (AvgIpc) is 2.95. The van der Waals surface area contributed by atoms with Gasteiger partial charge in [0.2, 0.25) is 4.77 Å². The summed E-state index contributed by atoms with van der Waals surface area (Å²) < 4.78 is 6.88. The van der Waals surface area contributed by atoms with Crippen LogP contribution in [0.1, 0.15) is 5.56 Å². The summed E-state index contributed by atoms with van der Waals surface area (Å²) in [4.78, 5) is 3.97. The number of ether oxygens (including phenoxy) is 1. The van der Waals surface area contributed by atoms with Gasteiger partial charge in [-0.3, -0.25) is 4.98 Å². The molecule has 0 aliphatic carbocycles. The number of H-pyrrole nitrogens is 1. The van der Waals surface area contributed by atoms with Crippen molar-refractivity contribution in [2.45, 2.75) is 0 Å². The number of nitrogens with zero attached hydrogens (tertiary/aromatic N) is 4. The van der Waals surface area contributed by atoms with Crippen LogP contribution >= 0.6 is 12.2 Å². The molecular weight excluding hydrogens is 314 g/mol. The first-order valence-electron chi connectivity index (χ1n) is 6.68. The lowest BCUT2D eigenvalue weighted by atomic mass is 10.2. The van der Waals surface area contributed by atoms with Crippen LogP contribution in [-0.2, 0) is 0 Å². The fraction of sp³-hybridized carbons (Fsp3) is 0.0667. The van der Waals surface area contributed by atoms with Crippen LogP contribution in [-0.4, -0.2) is 38.3 Å². The van der Waals surface area contributed by atoms with E-state index in [0.717, 1.165) is 5.56 Å². The lowest BCUT2D eigenvalue weighted by Gasteiger charge is -2.03. The summed E-state index contributed by atoms with van der Waals surface area (Å²) in [5.74, 6) is 1.19. The van der Waals surface area contributed by atoms with Crippen LogP contribution in [0.25, 0.3) is 11.4 Å². The molecule has 0 radical (unpaired) electrons. The molecule has 7 nitrogen and oxygen atoms in total. The van der Waals surface area contributed by atoms with Crippen LogP contribution in [0.15, 0.2) is 47.8 Å². The molecule has 2 heterocycles. The minimum Gasteiger partial charge on any atom is -0.507 e. The summed E-state index contributed by atoms with van der Waals surface area (Å²) in [7, 11) is 1.54. The molecule has 0 saturated carbocycles. The number of hydrogen-bond acceptors (Lipinski definition) is 6. The number of methoxy groups -OCH3 is 1. The minimum absolute atomic E-state index is 0.0635. The molecule has 0 atom stereocenters. The van der Waals surface area contributed by atoms with Crippen molar-refractivity contribution in [2.24, 2.45) is 5.10 Å². The van der Waals surface area contributed by atoms with E-state index in [9.17, 15) is 5.11 Å². The van der Waals surface area contributed by atoms with Crippen molar-refractivity contribution in [3.05, 3.63) is 53.1 Å². The van der Waals surface area contributed by atoms with Crippen LogP contribution in [0.4, 0.5) is 0 Å². The van der Waals surface area contributed by atoms with Gasteiger partial charge in [0, 0.05) is 29.6 Å². The third kappa shape index (κ3) is 3.11. The van der Waals surface area contributed by atoms with Crippen LogP contribution in [0.5, 0.6) is 11.5 Å². The molecule has 23 heavy (non-hydrogen) atoms. The second-order valence-corrected chi connectivity index (χ2v) is 4.96. The van der Waals surface area contributed by atoms with Crippen molar-refractivity contribution in [3.63, 3.8) is 0 Å². The molecule has 2 aromatic heterocycles. The number of phenols is 1. The molecule has 0 saturated heterocycles. The van der Waals surface area contributed by atoms with Gasteiger partial charge in [-0.2, -0.15) is 14.9 Å². The third-order valence-corrected chi connectivity index (χ3v) is 3.40. The number of rotatable bonds is 4. The second kappa shape index (κ2) is 6.41. The zero-order valence-corrected chi connectivity index (χ0v) is 13.0. The zero-order chi connectivity index (χ0) is 16.2. The molecule has 8 heteroatoms. The van der Waals surface area contributed by atoms with Crippen molar-refractivity contribution < 1.29 is 9.84 Å². The Morgan fingerprint density at radius 3 is 2.78 bits per heavy atom. The molecule has 0 aliphatic heterocycles. The van der Waals surface area contributed by atoms with Gasteiger partial charge in [0.1, 0.15) is 11.5 Å². The van der Waals surface area contributed by atoms with E-state index in [1.807, 2.05) is 12.1 Å². The molecule has 3 aromatic rings. The first kappa shape index (κ1) is 14.9. The van der Waals surface area contributed by atoms with E-state index in [1.165, 1.54) is 24.1 Å². The number of hydrogen-bond donors (Lipinski definition) is 2. The largest absolute Gasteiger partial charge is 0.507 e. The molecule has 0 fully saturated rings. The fourth-order valence-corrected chi connectivity index (χ4v) is 2.15. The van der Waals surface area contributed by atoms with Gasteiger partial charge in [-0.05, 0) is 36.5 Å². The predicted octanol–water partition coefficient (Wildman–Crippen LogP) is 2.60. The van der Waals surface area contributed by atoms with Crippen molar-refractivity contribution in [3.8, 4) is 22.9 Å². The maximum absolute atomic E-state index is 9.97. The zero-order valence-electron chi connectivity index (χ0n) is 12.2. The first-order chi connectivity index (χ1) is 11.2. The van der Waals surface area contributed by atoms with E-state index >= 15 is 0 Å². The van der Waals surface area contributed by atoms with Crippen LogP contribution in [0.3, 0.4) is 0 Å². The van der Waals surface area contributed by atoms with Gasteiger partial charge in [0.05, 0.1) is 13.3 Å². The third-order valence-electron chi connectivity index (χ3n) is 3.14. The van der Waals surface area contributed by atoms with E-state index in [0.29, 0.717) is 21.9 Å². The molecule has 0 bridgehead atoms. The van der Waals surface area contributed by atoms with Gasteiger partial charge < -0.3 is 9.84 Å². The Bertz CT molecular complexity index is 902. The lowest BCUT2D eigenvalue weighted by molar-refractivity contribution is 0.407. The summed E-state index contributed by atoms with van der Waals surface area (Å²) in [6, 6.07) is 8.57. The van der Waals surface area contributed by atoms with Gasteiger partial charge in [-0.25, -0.2) is 5.10 Å². The number of aromatic nitrogens is 4. The van der Waals surface area contributed by atoms with Crippen LogP contribution < -0.4 is 4.74 Å². The van der Waals surface area contributed by atoms with Gasteiger partial charge in [0.25, 0.3) is 0 Å². The van der Waals surface area contributed by atoms with E-state index in [-0.39, 0.29) is 5.75 Å². The fourth-order valence-electron chi connectivity index (χ4n) is 1.97. The number of phenolic OH excluding ortho intramolecular Hbond substituents is 1. The number of benzene rings is 1. The molecule has 1 aromatic carbocycles. The molecular formula is C15H13N5O2S. The van der Waals surface area contributed by atoms with Crippen molar-refractivity contribution >= 4 is 18.4 Å². The smallest absolute Gasteiger partial charge is 0.216 e. The Morgan fingerprint density at radius 2 is 2.09 bits per heavy atom. The van der Waals surface area contributed by atoms with Crippen molar-refractivity contribution in [2.75, 3.05) is 7.11 Å². The highest BCUT2D eigenvalue weighted by molar-refractivity contribution is 7.71. The van der Waals surface area contributed by atoms with Crippen molar-refractivity contribution in [1.29, 1.82) is 0 Å². The number of nitrogens with one attached hydrogen (secondary N) is 1. The van der Waals surface area contributed by atoms with E-state index in [1.54, 1.807) is 24.5 Å². The minimum atomic E-state index is 0.0635. The second-order valence-electron chi connectivity index (χ2n) is 4.57. The maximum atomic E-state index is 9.97. The molecule has 3 rings (SSSR count). The topological polar surface area (TPSA) is 88.3 Å². The summed E-state index contributed by atoms with van der Waals surface area (Å²) in [6.45, 7) is 0. The summed E-state index contributed by atoms with van der Waals surface area (Å²) in [6.07, 6.45) is 4.83. The highest BCUT2D eigenvalue weighted by Gasteiger charge is 2.08. The standard InChI is InChI=1S/C15H13N5O2S/c1-22-12-3-2-11(13(21)8-12)9-17-20-14(18-19-15(20)23)10-4-6-16-7-5-10/h2-9,21H,1H3,(H,19,23)/b17-9+. The Labute approximate surface area is 136 Å². The average molecular weight is 327 g/mol. The van der Waals surface area contributed by atoms with Crippen molar-refractivity contribution in [1.82, 2.24) is 19.9 Å². The molecule has 0 spiro atoms. The van der Waals surface area contributed by atoms with Gasteiger partial charge in [0.15, 0.2) is 5.82 Å². The number of pyridine rings is 1. The SMILES string of the molecule is COc1ccc(/C=N/n2c(-c3ccncc3)n[nH]c2=S)c(O)c1. The van der Waals surface area contributed by atoms with E-state index in [2.05, 4.69) is 20.3 Å². The first-order valence-corrected chi connectivity index (χ1v) is 7.09. The van der Waals surface area contributed by atoms with Crippen LogP contribution in [0, 0.1) is 4.77 Å². The summed E-state index contributed by atoms with van der Waals surface area (Å²) in [5.41, 5.74) is 1.36. The quantitative estimate of drug-likeness (QED) is 0.568. The number of aromatic hydroxyl groups is 1. The number of aromatic amines is 1. The van der Waals surface area contributed by atoms with E-state index in [4.69, 9.17) is 17.0 Å². The highest BCUT2D eigenvalue weighted by atomic mass is 32.1. The molecule has 116 valence electrons. The molecule has 2 N–H and O–H groups in total. The Morgan fingerprint density at radius 1 is 1.30 bits per heavy atom. The Hall–Kier alpha value is -3.00. The van der Waals surface area contributed by atoms with Gasteiger partial charge in [-0.15, -0.1) is 0 Å². The normalized spacial score (nSPS) is 11.0. The Kier molecular flexibility index (Phi) is 4.15. The molecule has 0 amide bonds. The molecule has 0 aliphatic rings. The summed E-state index contributed by atoms with van der Waals surface area (Å²) >= 11 is 5.19. The lowest BCUT2D eigenvalue weighted by Crippen LogP contribution is -1.95. The summed E-state index contributed by atoms with van der Waals surface area (Å²) in [5, 5.41) is 21.1. The monoisotopic (exact) mass is 327 g/mol. The maximum Gasteiger partial charge on any atom is 0.216 e. The predicted molar refractivity (Wildman–Crippen MR) is 88.3 cm³/mol. The Balaban J connectivity index is 1.98. The van der Waals surface area contributed by atoms with Gasteiger partial charge in [-0.1, -0.05) is 0 Å². The molecule has 0 unspecified atom stereocenters. The van der Waals surface area contributed by atoms with E-state index < -0.39 is 0 Å². The van der Waals surface area contributed by atoms with Crippen LogP contribution in [0.2, 0.25) is 0 Å². The van der Waals surface area contributed by atoms with Gasteiger partial charge >= 0.3 is 0 Å².